The Bertz CT molecular complexity index is 717. The van der Waals surface area contributed by atoms with Crippen LogP contribution in [-0.4, -0.2) is 72.2 Å². The van der Waals surface area contributed by atoms with E-state index in [0.717, 1.165) is 25.2 Å². The minimum Gasteiger partial charge on any atom is -0.349 e. The molecule has 0 spiro atoms. The van der Waals surface area contributed by atoms with Crippen LogP contribution in [0.4, 0.5) is 0 Å². The summed E-state index contributed by atoms with van der Waals surface area (Å²) in [7, 11) is 4.20. The monoisotopic (exact) mass is 347 g/mol. The number of nitrogens with one attached hydrogen (secondary N) is 2. The number of piperazine rings is 1. The van der Waals surface area contributed by atoms with E-state index in [2.05, 4.69) is 39.4 Å². The van der Waals surface area contributed by atoms with E-state index in [1.54, 1.807) is 12.1 Å². The Morgan fingerprint density at radius 1 is 1.38 bits per heavy atom. The molecule has 1 atom stereocenters. The highest BCUT2D eigenvalue weighted by molar-refractivity contribution is 6.33. The van der Waals surface area contributed by atoms with Crippen LogP contribution in [0.1, 0.15) is 10.5 Å². The van der Waals surface area contributed by atoms with E-state index in [4.69, 9.17) is 11.6 Å². The van der Waals surface area contributed by atoms with Crippen LogP contribution in [0.3, 0.4) is 0 Å². The van der Waals surface area contributed by atoms with E-state index in [1.807, 2.05) is 18.2 Å². The number of rotatable bonds is 4. The molecule has 2 aromatic rings. The molecular weight excluding hydrogens is 326 g/mol. The SMILES string of the molecule is CN1CCN(C)C(CNC(=O)c2cc(-c3ccccc3Cl)n[nH]2)C1. The molecule has 1 unspecified atom stereocenters. The fourth-order valence-corrected chi connectivity index (χ4v) is 3.11. The number of aromatic nitrogens is 2. The molecule has 1 aliphatic heterocycles. The Morgan fingerprint density at radius 3 is 2.96 bits per heavy atom. The van der Waals surface area contributed by atoms with Gasteiger partial charge in [-0.2, -0.15) is 5.10 Å². The Balaban J connectivity index is 1.63. The van der Waals surface area contributed by atoms with Crippen molar-refractivity contribution in [3.05, 3.63) is 41.0 Å². The minimum atomic E-state index is -0.151. The van der Waals surface area contributed by atoms with Gasteiger partial charge in [0.05, 0.1) is 10.7 Å². The lowest BCUT2D eigenvalue weighted by molar-refractivity contribution is 0.0877. The molecule has 128 valence electrons. The van der Waals surface area contributed by atoms with Crippen molar-refractivity contribution < 1.29 is 4.79 Å². The van der Waals surface area contributed by atoms with Gasteiger partial charge in [-0.3, -0.25) is 14.8 Å². The van der Waals surface area contributed by atoms with E-state index in [-0.39, 0.29) is 5.91 Å². The molecule has 2 N–H and O–H groups in total. The van der Waals surface area contributed by atoms with Crippen molar-refractivity contribution in [2.45, 2.75) is 6.04 Å². The summed E-state index contributed by atoms with van der Waals surface area (Å²) in [5, 5.41) is 10.6. The molecule has 1 aliphatic rings. The third-order valence-electron chi connectivity index (χ3n) is 4.45. The Labute approximate surface area is 146 Å². The lowest BCUT2D eigenvalue weighted by Crippen LogP contribution is -2.54. The average Bonchev–Trinajstić information content (AvgIpc) is 3.05. The molecule has 6 nitrogen and oxygen atoms in total. The topological polar surface area (TPSA) is 64.3 Å². The molecule has 3 rings (SSSR count). The van der Waals surface area contributed by atoms with Gasteiger partial charge in [-0.05, 0) is 26.2 Å². The van der Waals surface area contributed by atoms with Crippen molar-refractivity contribution in [2.24, 2.45) is 0 Å². The lowest BCUT2D eigenvalue weighted by Gasteiger charge is -2.37. The zero-order chi connectivity index (χ0) is 17.1. The Kier molecular flexibility index (Phi) is 5.18. The van der Waals surface area contributed by atoms with Crippen LogP contribution >= 0.6 is 11.6 Å². The normalized spacial score (nSPS) is 19.4. The number of carbonyl (C=O) groups excluding carboxylic acids is 1. The number of nitrogens with zero attached hydrogens (tertiary/aromatic N) is 3. The maximum Gasteiger partial charge on any atom is 0.269 e. The maximum atomic E-state index is 12.4. The highest BCUT2D eigenvalue weighted by atomic mass is 35.5. The van der Waals surface area contributed by atoms with Crippen LogP contribution < -0.4 is 5.32 Å². The molecule has 1 amide bonds. The molecular formula is C17H22ClN5O. The lowest BCUT2D eigenvalue weighted by atomic mass is 10.1. The summed E-state index contributed by atoms with van der Waals surface area (Å²) in [5.74, 6) is -0.151. The maximum absolute atomic E-state index is 12.4. The van der Waals surface area contributed by atoms with Gasteiger partial charge in [-0.1, -0.05) is 29.8 Å². The summed E-state index contributed by atoms with van der Waals surface area (Å²) in [5.41, 5.74) is 1.92. The second-order valence-electron chi connectivity index (χ2n) is 6.25. The number of H-pyrrole nitrogens is 1. The standard InChI is InChI=1S/C17H22ClN5O/c1-22-7-8-23(2)12(11-22)10-19-17(24)16-9-15(20-21-16)13-5-3-4-6-14(13)18/h3-6,9,12H,7-8,10-11H2,1-2H3,(H,19,24)(H,20,21). The molecule has 24 heavy (non-hydrogen) atoms. The van der Waals surface area contributed by atoms with Crippen molar-refractivity contribution in [2.75, 3.05) is 40.3 Å². The number of hydrogen-bond acceptors (Lipinski definition) is 4. The predicted octanol–water partition coefficient (Wildman–Crippen LogP) is 1.71. The first-order valence-electron chi connectivity index (χ1n) is 8.02. The predicted molar refractivity (Wildman–Crippen MR) is 95.3 cm³/mol. The zero-order valence-corrected chi connectivity index (χ0v) is 14.7. The molecule has 7 heteroatoms. The van der Waals surface area contributed by atoms with Gasteiger partial charge in [0.15, 0.2) is 0 Å². The van der Waals surface area contributed by atoms with E-state index < -0.39 is 0 Å². The van der Waals surface area contributed by atoms with Crippen molar-refractivity contribution in [3.8, 4) is 11.3 Å². The third-order valence-corrected chi connectivity index (χ3v) is 4.78. The fourth-order valence-electron chi connectivity index (χ4n) is 2.87. The van der Waals surface area contributed by atoms with Crippen molar-refractivity contribution >= 4 is 17.5 Å². The van der Waals surface area contributed by atoms with Crippen molar-refractivity contribution in [1.82, 2.24) is 25.3 Å². The summed E-state index contributed by atoms with van der Waals surface area (Å²) in [4.78, 5) is 16.9. The Hall–Kier alpha value is -1.89. The number of benzene rings is 1. The molecule has 2 heterocycles. The number of carbonyl (C=O) groups is 1. The third kappa shape index (κ3) is 3.77. The van der Waals surface area contributed by atoms with Gasteiger partial charge >= 0.3 is 0 Å². The van der Waals surface area contributed by atoms with Crippen LogP contribution in [0, 0.1) is 0 Å². The summed E-state index contributed by atoms with van der Waals surface area (Å²) in [6, 6.07) is 9.49. The molecule has 1 saturated heterocycles. The highest BCUT2D eigenvalue weighted by Crippen LogP contribution is 2.26. The summed E-state index contributed by atoms with van der Waals surface area (Å²) in [6.07, 6.45) is 0. The van der Waals surface area contributed by atoms with Crippen LogP contribution in [0.15, 0.2) is 30.3 Å². The first-order chi connectivity index (χ1) is 11.5. The van der Waals surface area contributed by atoms with Crippen LogP contribution in [0.25, 0.3) is 11.3 Å². The second-order valence-corrected chi connectivity index (χ2v) is 6.66. The van der Waals surface area contributed by atoms with Gasteiger partial charge in [-0.15, -0.1) is 0 Å². The fraction of sp³-hybridized carbons (Fsp3) is 0.412. The number of likely N-dealkylation sites (N-methyl/N-ethyl adjacent to an activating group) is 2. The van der Waals surface area contributed by atoms with Gasteiger partial charge in [0, 0.05) is 37.8 Å². The molecule has 1 aromatic heterocycles. The minimum absolute atomic E-state index is 0.151. The quantitative estimate of drug-likeness (QED) is 0.883. The molecule has 0 saturated carbocycles. The van der Waals surface area contributed by atoms with Crippen LogP contribution in [0.2, 0.25) is 5.02 Å². The summed E-state index contributed by atoms with van der Waals surface area (Å²) in [6.45, 7) is 3.63. The average molecular weight is 348 g/mol. The molecule has 0 aliphatic carbocycles. The number of halogens is 1. The highest BCUT2D eigenvalue weighted by Gasteiger charge is 2.23. The van der Waals surface area contributed by atoms with E-state index in [0.29, 0.717) is 29.0 Å². The van der Waals surface area contributed by atoms with Gasteiger partial charge in [-0.25, -0.2) is 0 Å². The largest absolute Gasteiger partial charge is 0.349 e. The second kappa shape index (κ2) is 7.34. The van der Waals surface area contributed by atoms with Gasteiger partial charge in [0.25, 0.3) is 5.91 Å². The molecule has 1 aromatic carbocycles. The first kappa shape index (κ1) is 17.0. The zero-order valence-electron chi connectivity index (χ0n) is 13.9. The number of aromatic amines is 1. The van der Waals surface area contributed by atoms with E-state index in [9.17, 15) is 4.79 Å². The summed E-state index contributed by atoms with van der Waals surface area (Å²) >= 11 is 6.18. The van der Waals surface area contributed by atoms with E-state index >= 15 is 0 Å². The van der Waals surface area contributed by atoms with Gasteiger partial charge in [0.2, 0.25) is 0 Å². The number of amides is 1. The van der Waals surface area contributed by atoms with Crippen molar-refractivity contribution in [3.63, 3.8) is 0 Å². The number of hydrogen-bond donors (Lipinski definition) is 2. The Morgan fingerprint density at radius 2 is 2.17 bits per heavy atom. The molecule has 0 bridgehead atoms. The van der Waals surface area contributed by atoms with Gasteiger partial charge in [0.1, 0.15) is 5.69 Å². The van der Waals surface area contributed by atoms with Gasteiger partial charge < -0.3 is 10.2 Å². The summed E-state index contributed by atoms with van der Waals surface area (Å²) < 4.78 is 0. The smallest absolute Gasteiger partial charge is 0.269 e. The molecule has 1 fully saturated rings. The van der Waals surface area contributed by atoms with Crippen molar-refractivity contribution in [1.29, 1.82) is 0 Å². The first-order valence-corrected chi connectivity index (χ1v) is 8.39. The van der Waals surface area contributed by atoms with Crippen LogP contribution in [-0.2, 0) is 0 Å². The van der Waals surface area contributed by atoms with Crippen LogP contribution in [0.5, 0.6) is 0 Å². The molecule has 0 radical (unpaired) electrons. The van der Waals surface area contributed by atoms with E-state index in [1.165, 1.54) is 0 Å².